The maximum Gasteiger partial charge on any atom is 0.309 e. The largest absolute Gasteiger partial charge is 0.466 e. The van der Waals surface area contributed by atoms with Crippen LogP contribution < -0.4 is 0 Å². The molecule has 3 aromatic rings. The number of rotatable bonds is 4. The molecule has 1 saturated heterocycles. The van der Waals surface area contributed by atoms with E-state index in [0.29, 0.717) is 43.2 Å². The van der Waals surface area contributed by atoms with Gasteiger partial charge in [0.05, 0.1) is 17.4 Å². The second kappa shape index (κ2) is 7.71. The van der Waals surface area contributed by atoms with Crippen LogP contribution in [-0.4, -0.2) is 45.9 Å². The Bertz CT molecular complexity index is 972. The van der Waals surface area contributed by atoms with Crippen LogP contribution >= 0.6 is 11.3 Å². The summed E-state index contributed by atoms with van der Waals surface area (Å²) in [7, 11) is 0. The van der Waals surface area contributed by atoms with Gasteiger partial charge < -0.3 is 9.64 Å². The van der Waals surface area contributed by atoms with Crippen molar-refractivity contribution < 1.29 is 18.7 Å². The van der Waals surface area contributed by atoms with Crippen molar-refractivity contribution in [2.24, 2.45) is 5.92 Å². The first-order chi connectivity index (χ1) is 13.5. The monoisotopic (exact) mass is 401 g/mol. The van der Waals surface area contributed by atoms with Crippen LogP contribution in [0.25, 0.3) is 15.4 Å². The molecule has 28 heavy (non-hydrogen) atoms. The van der Waals surface area contributed by atoms with Crippen molar-refractivity contribution >= 4 is 28.2 Å². The predicted octanol–water partition coefficient (Wildman–Crippen LogP) is 3.62. The van der Waals surface area contributed by atoms with E-state index in [1.807, 2.05) is 10.6 Å². The van der Waals surface area contributed by atoms with E-state index < -0.39 is 0 Å². The smallest absolute Gasteiger partial charge is 0.309 e. The minimum absolute atomic E-state index is 0.124. The molecule has 0 spiro atoms. The number of benzene rings is 1. The van der Waals surface area contributed by atoms with Crippen LogP contribution in [0.2, 0.25) is 0 Å². The molecule has 2 aromatic heterocycles. The molecular weight excluding hydrogens is 381 g/mol. The summed E-state index contributed by atoms with van der Waals surface area (Å²) in [5.74, 6) is -0.704. The molecule has 3 heterocycles. The lowest BCUT2D eigenvalue weighted by Crippen LogP contribution is -2.40. The summed E-state index contributed by atoms with van der Waals surface area (Å²) in [5.41, 5.74) is 1.30. The van der Waals surface area contributed by atoms with Gasteiger partial charge in [-0.25, -0.2) is 9.37 Å². The van der Waals surface area contributed by atoms with E-state index in [0.717, 1.165) is 10.4 Å². The number of hydrogen-bond acceptors (Lipinski definition) is 5. The summed E-state index contributed by atoms with van der Waals surface area (Å²) in [6.07, 6.45) is 4.84. The number of halogens is 1. The van der Waals surface area contributed by atoms with Crippen LogP contribution in [0.5, 0.6) is 0 Å². The highest BCUT2D eigenvalue weighted by molar-refractivity contribution is 7.20. The number of amides is 1. The molecule has 1 amide bonds. The molecule has 1 aliphatic heterocycles. The maximum absolute atomic E-state index is 13.1. The minimum atomic E-state index is -0.273. The number of carbonyl (C=O) groups excluding carboxylic acids is 2. The number of hydrogen-bond donors (Lipinski definition) is 0. The van der Waals surface area contributed by atoms with Gasteiger partial charge in [-0.05, 0) is 37.5 Å². The molecule has 0 radical (unpaired) electrons. The second-order valence-electron chi connectivity index (χ2n) is 6.74. The van der Waals surface area contributed by atoms with Crippen molar-refractivity contribution in [3.8, 4) is 10.4 Å². The summed E-state index contributed by atoms with van der Waals surface area (Å²) < 4.78 is 20.0. The number of likely N-dealkylation sites (tertiary alicyclic amines) is 1. The van der Waals surface area contributed by atoms with Gasteiger partial charge in [0.15, 0.2) is 4.96 Å². The SMILES string of the molecule is CCOC(=O)C1CCN(C(=O)c2cn3cc(-c4ccc(F)cc4)sc3n2)CC1. The van der Waals surface area contributed by atoms with Crippen molar-refractivity contribution in [2.75, 3.05) is 19.7 Å². The number of aromatic nitrogens is 2. The van der Waals surface area contributed by atoms with Gasteiger partial charge >= 0.3 is 5.97 Å². The number of imidazole rings is 1. The van der Waals surface area contributed by atoms with E-state index in [9.17, 15) is 14.0 Å². The molecular formula is C20H20FN3O3S. The average Bonchev–Trinajstić information content (AvgIpc) is 3.27. The van der Waals surface area contributed by atoms with Gasteiger partial charge in [-0.1, -0.05) is 23.5 Å². The zero-order valence-corrected chi connectivity index (χ0v) is 16.2. The Hall–Kier alpha value is -2.74. The average molecular weight is 401 g/mol. The van der Waals surface area contributed by atoms with Gasteiger partial charge in [-0.3, -0.25) is 14.0 Å². The van der Waals surface area contributed by atoms with Crippen molar-refractivity contribution in [3.63, 3.8) is 0 Å². The van der Waals surface area contributed by atoms with Crippen LogP contribution in [0.15, 0.2) is 36.7 Å². The van der Waals surface area contributed by atoms with Crippen molar-refractivity contribution in [1.29, 1.82) is 0 Å². The van der Waals surface area contributed by atoms with Crippen LogP contribution in [0.4, 0.5) is 4.39 Å². The normalized spacial score (nSPS) is 15.1. The third-order valence-corrected chi connectivity index (χ3v) is 5.95. The molecule has 1 fully saturated rings. The number of fused-ring (bicyclic) bond motifs is 1. The number of carbonyl (C=O) groups is 2. The van der Waals surface area contributed by atoms with Crippen LogP contribution in [0.3, 0.4) is 0 Å². The van der Waals surface area contributed by atoms with E-state index in [4.69, 9.17) is 4.74 Å². The molecule has 0 unspecified atom stereocenters. The Morgan fingerprint density at radius 2 is 1.93 bits per heavy atom. The molecule has 1 aromatic carbocycles. The Labute approximate surface area is 165 Å². The highest BCUT2D eigenvalue weighted by Crippen LogP contribution is 2.29. The lowest BCUT2D eigenvalue weighted by atomic mass is 9.97. The number of piperidine rings is 1. The van der Waals surface area contributed by atoms with Crippen molar-refractivity contribution in [2.45, 2.75) is 19.8 Å². The highest BCUT2D eigenvalue weighted by Gasteiger charge is 2.29. The summed E-state index contributed by atoms with van der Waals surface area (Å²) in [6, 6.07) is 6.29. The molecule has 4 rings (SSSR count). The molecule has 146 valence electrons. The van der Waals surface area contributed by atoms with Crippen molar-refractivity contribution in [3.05, 3.63) is 48.2 Å². The van der Waals surface area contributed by atoms with Gasteiger partial charge in [0.25, 0.3) is 5.91 Å². The molecule has 1 aliphatic rings. The maximum atomic E-state index is 13.1. The van der Waals surface area contributed by atoms with E-state index in [1.54, 1.807) is 30.2 Å². The molecule has 0 bridgehead atoms. The minimum Gasteiger partial charge on any atom is -0.466 e. The lowest BCUT2D eigenvalue weighted by molar-refractivity contribution is -0.149. The topological polar surface area (TPSA) is 63.9 Å². The number of esters is 1. The molecule has 0 saturated carbocycles. The Balaban J connectivity index is 1.45. The highest BCUT2D eigenvalue weighted by atomic mass is 32.1. The Morgan fingerprint density at radius 3 is 2.57 bits per heavy atom. The van der Waals surface area contributed by atoms with Crippen LogP contribution in [0.1, 0.15) is 30.3 Å². The van der Waals surface area contributed by atoms with Gasteiger partial charge in [0.2, 0.25) is 0 Å². The molecule has 0 N–H and O–H groups in total. The first-order valence-corrected chi connectivity index (χ1v) is 10.1. The summed E-state index contributed by atoms with van der Waals surface area (Å²) in [5, 5.41) is 0. The standard InChI is InChI=1S/C20H20FN3O3S/c1-2-27-19(26)14-7-9-23(10-8-14)18(25)16-11-24-12-17(28-20(24)22-16)13-3-5-15(21)6-4-13/h3-6,11-12,14H,2,7-10H2,1H3. The zero-order valence-electron chi connectivity index (χ0n) is 15.4. The number of thiazole rings is 1. The van der Waals surface area contributed by atoms with Gasteiger partial charge in [-0.2, -0.15) is 0 Å². The molecule has 0 atom stereocenters. The molecule has 6 nitrogen and oxygen atoms in total. The fourth-order valence-corrected chi connectivity index (χ4v) is 4.36. The van der Waals surface area contributed by atoms with Crippen LogP contribution in [-0.2, 0) is 9.53 Å². The summed E-state index contributed by atoms with van der Waals surface area (Å²) in [6.45, 7) is 3.22. The first-order valence-electron chi connectivity index (χ1n) is 9.25. The predicted molar refractivity (Wildman–Crippen MR) is 104 cm³/mol. The third-order valence-electron chi connectivity index (χ3n) is 4.91. The third kappa shape index (κ3) is 3.64. The first kappa shape index (κ1) is 18.6. The number of ether oxygens (including phenoxy) is 1. The van der Waals surface area contributed by atoms with Gasteiger partial charge in [0, 0.05) is 25.5 Å². The number of nitrogens with zero attached hydrogens (tertiary/aromatic N) is 3. The van der Waals surface area contributed by atoms with E-state index in [-0.39, 0.29) is 23.6 Å². The van der Waals surface area contributed by atoms with Crippen molar-refractivity contribution in [1.82, 2.24) is 14.3 Å². The fourth-order valence-electron chi connectivity index (χ4n) is 3.39. The van der Waals surface area contributed by atoms with E-state index in [1.165, 1.54) is 23.5 Å². The second-order valence-corrected chi connectivity index (χ2v) is 7.75. The Kier molecular flexibility index (Phi) is 5.13. The molecule has 8 heteroatoms. The lowest BCUT2D eigenvalue weighted by Gasteiger charge is -2.30. The van der Waals surface area contributed by atoms with Gasteiger partial charge in [-0.15, -0.1) is 0 Å². The zero-order chi connectivity index (χ0) is 19.7. The summed E-state index contributed by atoms with van der Waals surface area (Å²) >= 11 is 1.45. The quantitative estimate of drug-likeness (QED) is 0.627. The fraction of sp³-hybridized carbons (Fsp3) is 0.350. The van der Waals surface area contributed by atoms with Gasteiger partial charge in [0.1, 0.15) is 11.5 Å². The van der Waals surface area contributed by atoms with E-state index >= 15 is 0 Å². The Morgan fingerprint density at radius 1 is 1.21 bits per heavy atom. The summed E-state index contributed by atoms with van der Waals surface area (Å²) in [4.78, 5) is 32.5. The van der Waals surface area contributed by atoms with Crippen LogP contribution in [0, 0.1) is 11.7 Å². The molecule has 0 aliphatic carbocycles. The van der Waals surface area contributed by atoms with E-state index in [2.05, 4.69) is 4.98 Å².